The Labute approximate surface area is 118 Å². The molecule has 0 aromatic heterocycles. The van der Waals surface area contributed by atoms with Crippen molar-refractivity contribution in [3.63, 3.8) is 0 Å². The van der Waals surface area contributed by atoms with Crippen molar-refractivity contribution >= 4 is 29.3 Å². The highest BCUT2D eigenvalue weighted by Gasteiger charge is 2.21. The second kappa shape index (κ2) is 6.93. The van der Waals surface area contributed by atoms with Gasteiger partial charge >= 0.3 is 0 Å². The van der Waals surface area contributed by atoms with E-state index in [4.69, 9.17) is 0 Å². The lowest BCUT2D eigenvalue weighted by molar-refractivity contribution is -0.130. The third-order valence-corrected chi connectivity index (χ3v) is 4.90. The van der Waals surface area contributed by atoms with Crippen LogP contribution in [0.2, 0.25) is 0 Å². The van der Waals surface area contributed by atoms with Crippen molar-refractivity contribution in [1.29, 1.82) is 0 Å². The monoisotopic (exact) mass is 283 g/mol. The predicted octanol–water partition coefficient (Wildman–Crippen LogP) is 1.39. The van der Waals surface area contributed by atoms with Gasteiger partial charge in [-0.05, 0) is 12.8 Å². The maximum absolute atomic E-state index is 11.9. The Hall–Kier alpha value is -1.04. The van der Waals surface area contributed by atoms with Crippen LogP contribution in [-0.4, -0.2) is 47.1 Å². The van der Waals surface area contributed by atoms with Gasteiger partial charge in [-0.25, -0.2) is 5.01 Å². The Morgan fingerprint density at radius 1 is 1.42 bits per heavy atom. The minimum Gasteiger partial charge on any atom is -0.350 e. The van der Waals surface area contributed by atoms with Gasteiger partial charge in [0.25, 0.3) is 5.91 Å². The normalized spacial score (nSPS) is 20.6. The molecular formula is C13H21N3O2S. The van der Waals surface area contributed by atoms with Crippen LogP contribution in [0.25, 0.3) is 0 Å². The molecule has 0 unspecified atom stereocenters. The van der Waals surface area contributed by atoms with Crippen LogP contribution in [0.1, 0.15) is 38.5 Å². The number of nitrogens with one attached hydrogen (secondary N) is 1. The summed E-state index contributed by atoms with van der Waals surface area (Å²) < 4.78 is 0. The van der Waals surface area contributed by atoms with E-state index in [9.17, 15) is 9.59 Å². The van der Waals surface area contributed by atoms with Gasteiger partial charge < -0.3 is 5.32 Å². The van der Waals surface area contributed by atoms with Crippen LogP contribution in [-0.2, 0) is 9.59 Å². The van der Waals surface area contributed by atoms with Crippen LogP contribution < -0.4 is 5.32 Å². The first-order valence-electron chi connectivity index (χ1n) is 6.90. The molecule has 1 N–H and O–H groups in total. The van der Waals surface area contributed by atoms with Crippen molar-refractivity contribution in [3.05, 3.63) is 0 Å². The van der Waals surface area contributed by atoms with Gasteiger partial charge in [-0.2, -0.15) is 16.9 Å². The Balaban J connectivity index is 1.66. The van der Waals surface area contributed by atoms with Gasteiger partial charge in [-0.1, -0.05) is 12.8 Å². The number of carbonyl (C=O) groups is 2. The molecule has 0 bridgehead atoms. The van der Waals surface area contributed by atoms with Gasteiger partial charge in [0, 0.05) is 37.4 Å². The summed E-state index contributed by atoms with van der Waals surface area (Å²) in [4.78, 5) is 23.1. The molecule has 106 valence electrons. The summed E-state index contributed by atoms with van der Waals surface area (Å²) in [6.07, 6.45) is 6.16. The van der Waals surface area contributed by atoms with E-state index in [0.717, 1.165) is 11.0 Å². The van der Waals surface area contributed by atoms with Gasteiger partial charge in [0.2, 0.25) is 5.91 Å². The first-order valence-corrected chi connectivity index (χ1v) is 7.95. The molecule has 19 heavy (non-hydrogen) atoms. The molecule has 0 spiro atoms. The lowest BCUT2D eigenvalue weighted by Gasteiger charge is -2.19. The highest BCUT2D eigenvalue weighted by atomic mass is 32.2. The van der Waals surface area contributed by atoms with Crippen LogP contribution in [0.15, 0.2) is 5.10 Å². The highest BCUT2D eigenvalue weighted by Crippen LogP contribution is 2.28. The zero-order chi connectivity index (χ0) is 13.7. The van der Waals surface area contributed by atoms with E-state index in [1.54, 1.807) is 7.05 Å². The fraction of sp³-hybridized carbons (Fsp3) is 0.769. The molecule has 1 heterocycles. The van der Waals surface area contributed by atoms with E-state index < -0.39 is 0 Å². The first-order chi connectivity index (χ1) is 9.16. The quantitative estimate of drug-likeness (QED) is 0.776. The van der Waals surface area contributed by atoms with E-state index in [2.05, 4.69) is 10.4 Å². The first kappa shape index (κ1) is 14.4. The fourth-order valence-corrected chi connectivity index (χ4v) is 3.60. The van der Waals surface area contributed by atoms with Crippen molar-refractivity contribution in [3.8, 4) is 0 Å². The van der Waals surface area contributed by atoms with Crippen molar-refractivity contribution in [1.82, 2.24) is 10.3 Å². The van der Waals surface area contributed by atoms with Crippen molar-refractivity contribution in [2.75, 3.05) is 19.3 Å². The molecule has 0 aromatic carbocycles. The van der Waals surface area contributed by atoms with Gasteiger partial charge in [-0.15, -0.1) is 0 Å². The van der Waals surface area contributed by atoms with Crippen LogP contribution in [0.4, 0.5) is 0 Å². The lowest BCUT2D eigenvalue weighted by atomic mass is 10.1. The number of amides is 2. The molecular weight excluding hydrogens is 262 g/mol. The number of thioether (sulfide) groups is 1. The second-order valence-electron chi connectivity index (χ2n) is 5.00. The molecule has 1 aliphatic carbocycles. The van der Waals surface area contributed by atoms with Crippen molar-refractivity contribution in [2.45, 2.75) is 43.8 Å². The summed E-state index contributed by atoms with van der Waals surface area (Å²) in [5.41, 5.74) is 0.466. The topological polar surface area (TPSA) is 61.8 Å². The largest absolute Gasteiger partial charge is 0.350 e. The van der Waals surface area contributed by atoms with E-state index in [0.29, 0.717) is 25.1 Å². The Kier molecular flexibility index (Phi) is 5.24. The number of hydrogen-bond acceptors (Lipinski definition) is 4. The SMILES string of the molecule is CN1N=C(C(=O)NCCSC2CCCC2)CCC1=O. The molecule has 0 aromatic rings. The van der Waals surface area contributed by atoms with Gasteiger partial charge in [0.15, 0.2) is 0 Å². The molecule has 2 rings (SSSR count). The molecule has 1 fully saturated rings. The molecule has 5 nitrogen and oxygen atoms in total. The maximum atomic E-state index is 11.9. The lowest BCUT2D eigenvalue weighted by Crippen LogP contribution is -2.38. The molecule has 1 saturated carbocycles. The second-order valence-corrected chi connectivity index (χ2v) is 6.41. The Morgan fingerprint density at radius 3 is 2.84 bits per heavy atom. The van der Waals surface area contributed by atoms with Gasteiger partial charge in [0.05, 0.1) is 0 Å². The Bertz CT molecular complexity index is 378. The molecule has 0 radical (unpaired) electrons. The standard InChI is InChI=1S/C13H21N3O2S/c1-16-12(17)7-6-11(15-16)13(18)14-8-9-19-10-4-2-3-5-10/h10H,2-9H2,1H3,(H,14,18). The maximum Gasteiger partial charge on any atom is 0.267 e. The van der Waals surface area contributed by atoms with Crippen LogP contribution in [0, 0.1) is 0 Å². The Morgan fingerprint density at radius 2 is 2.16 bits per heavy atom. The summed E-state index contributed by atoms with van der Waals surface area (Å²) in [6, 6.07) is 0. The summed E-state index contributed by atoms with van der Waals surface area (Å²) >= 11 is 1.95. The van der Waals surface area contributed by atoms with Gasteiger partial charge in [0.1, 0.15) is 5.71 Å². The average Bonchev–Trinajstić information content (AvgIpc) is 2.91. The number of carbonyl (C=O) groups excluding carboxylic acids is 2. The van der Waals surface area contributed by atoms with Crippen molar-refractivity contribution in [2.24, 2.45) is 5.10 Å². The van der Waals surface area contributed by atoms with Crippen molar-refractivity contribution < 1.29 is 9.59 Å². The molecule has 6 heteroatoms. The van der Waals surface area contributed by atoms with E-state index >= 15 is 0 Å². The van der Waals surface area contributed by atoms with E-state index in [-0.39, 0.29) is 11.8 Å². The van der Waals surface area contributed by atoms with Crippen LogP contribution in [0.3, 0.4) is 0 Å². The third-order valence-electron chi connectivity index (χ3n) is 3.51. The number of nitrogens with zero attached hydrogens (tertiary/aromatic N) is 2. The minimum atomic E-state index is -0.133. The molecule has 0 atom stereocenters. The highest BCUT2D eigenvalue weighted by molar-refractivity contribution is 7.99. The summed E-state index contributed by atoms with van der Waals surface area (Å²) in [6.45, 7) is 0.677. The number of hydrogen-bond donors (Lipinski definition) is 1. The third kappa shape index (κ3) is 4.23. The number of rotatable bonds is 5. The molecule has 1 aliphatic heterocycles. The predicted molar refractivity (Wildman–Crippen MR) is 77.2 cm³/mol. The fourth-order valence-electron chi connectivity index (χ4n) is 2.38. The average molecular weight is 283 g/mol. The summed E-state index contributed by atoms with van der Waals surface area (Å²) in [5, 5.41) is 8.92. The van der Waals surface area contributed by atoms with Crippen LogP contribution >= 0.6 is 11.8 Å². The smallest absolute Gasteiger partial charge is 0.267 e. The molecule has 0 saturated heterocycles. The minimum absolute atomic E-state index is 0.0339. The zero-order valence-corrected chi connectivity index (χ0v) is 12.2. The van der Waals surface area contributed by atoms with Gasteiger partial charge in [-0.3, -0.25) is 9.59 Å². The summed E-state index contributed by atoms with van der Waals surface area (Å²) in [5.74, 6) is 0.790. The number of hydrazone groups is 1. The van der Waals surface area contributed by atoms with E-state index in [1.165, 1.54) is 30.7 Å². The zero-order valence-electron chi connectivity index (χ0n) is 11.4. The molecule has 2 amide bonds. The van der Waals surface area contributed by atoms with Crippen LogP contribution in [0.5, 0.6) is 0 Å². The van der Waals surface area contributed by atoms with E-state index in [1.807, 2.05) is 11.8 Å². The summed E-state index contributed by atoms with van der Waals surface area (Å²) in [7, 11) is 1.59. The molecule has 2 aliphatic rings.